The van der Waals surface area contributed by atoms with E-state index in [0.29, 0.717) is 17.9 Å². The number of alkyl halides is 3. The molecule has 0 heterocycles. The zero-order valence-corrected chi connectivity index (χ0v) is 13.8. The van der Waals surface area contributed by atoms with Crippen molar-refractivity contribution in [2.24, 2.45) is 11.8 Å². The van der Waals surface area contributed by atoms with Crippen LogP contribution in [-0.2, 0) is 0 Å². The van der Waals surface area contributed by atoms with E-state index >= 15 is 0 Å². The van der Waals surface area contributed by atoms with E-state index in [9.17, 15) is 13.2 Å². The van der Waals surface area contributed by atoms with E-state index in [1.165, 1.54) is 6.42 Å². The molecule has 0 aromatic heterocycles. The third-order valence-electron chi connectivity index (χ3n) is 4.77. The van der Waals surface area contributed by atoms with Crippen molar-refractivity contribution < 1.29 is 13.2 Å². The van der Waals surface area contributed by atoms with Gasteiger partial charge in [0.2, 0.25) is 0 Å². The normalized spacial score (nSPS) is 27.6. The highest BCUT2D eigenvalue weighted by Gasteiger charge is 2.35. The van der Waals surface area contributed by atoms with E-state index in [2.05, 4.69) is 26.1 Å². The number of nitrogens with zero attached hydrogens (tertiary/aromatic N) is 1. The predicted molar refractivity (Wildman–Crippen MR) is 81.4 cm³/mol. The van der Waals surface area contributed by atoms with Crippen molar-refractivity contribution in [2.45, 2.75) is 71.1 Å². The number of hydrogen-bond acceptors (Lipinski definition) is 2. The monoisotopic (exact) mass is 308 g/mol. The van der Waals surface area contributed by atoms with Gasteiger partial charge in [-0.3, -0.25) is 0 Å². The molecule has 0 spiro atoms. The zero-order valence-electron chi connectivity index (χ0n) is 13.8. The molecule has 1 N–H and O–H groups in total. The van der Waals surface area contributed by atoms with Gasteiger partial charge in [-0.05, 0) is 51.1 Å². The molecule has 0 radical (unpaired) electrons. The maximum Gasteiger partial charge on any atom is 0.390 e. The molecule has 5 heteroatoms. The fourth-order valence-electron chi connectivity index (χ4n) is 3.31. The Labute approximate surface area is 127 Å². The third kappa shape index (κ3) is 6.55. The van der Waals surface area contributed by atoms with Crippen LogP contribution in [0.1, 0.15) is 52.9 Å². The molecule has 0 bridgehead atoms. The van der Waals surface area contributed by atoms with E-state index in [0.717, 1.165) is 25.8 Å². The van der Waals surface area contributed by atoms with E-state index < -0.39 is 12.6 Å². The molecule has 3 unspecified atom stereocenters. The van der Waals surface area contributed by atoms with Crippen LogP contribution in [0.5, 0.6) is 0 Å². The molecular weight excluding hydrogens is 277 g/mol. The van der Waals surface area contributed by atoms with Crippen LogP contribution < -0.4 is 5.32 Å². The molecule has 0 aromatic rings. The lowest BCUT2D eigenvalue weighted by Crippen LogP contribution is -2.53. The van der Waals surface area contributed by atoms with Gasteiger partial charge in [-0.25, -0.2) is 0 Å². The summed E-state index contributed by atoms with van der Waals surface area (Å²) in [6, 6.07) is 0.554. The predicted octanol–water partition coefficient (Wildman–Crippen LogP) is 4.06. The summed E-state index contributed by atoms with van der Waals surface area (Å²) < 4.78 is 37.3. The smallest absolute Gasteiger partial charge is 0.312 e. The summed E-state index contributed by atoms with van der Waals surface area (Å²) >= 11 is 0. The van der Waals surface area contributed by atoms with Gasteiger partial charge in [-0.2, -0.15) is 13.2 Å². The third-order valence-corrected chi connectivity index (χ3v) is 4.77. The lowest BCUT2D eigenvalue weighted by Gasteiger charge is -2.43. The van der Waals surface area contributed by atoms with Crippen LogP contribution in [0.2, 0.25) is 0 Å². The van der Waals surface area contributed by atoms with Crippen molar-refractivity contribution in [3.05, 3.63) is 0 Å². The molecule has 2 nitrogen and oxygen atoms in total. The largest absolute Gasteiger partial charge is 0.390 e. The van der Waals surface area contributed by atoms with Gasteiger partial charge < -0.3 is 10.2 Å². The van der Waals surface area contributed by atoms with Crippen LogP contribution in [0.4, 0.5) is 13.2 Å². The highest BCUT2D eigenvalue weighted by atomic mass is 19.4. The average molecular weight is 308 g/mol. The molecular formula is C16H31F3N2. The second-order valence-corrected chi connectivity index (χ2v) is 6.79. The Hall–Kier alpha value is -0.290. The van der Waals surface area contributed by atoms with Gasteiger partial charge in [-0.1, -0.05) is 20.8 Å². The average Bonchev–Trinajstić information content (AvgIpc) is 2.41. The SMILES string of the molecule is CCCNC1CCC(C(C)C)CC1N(C)CCC(F)(F)F. The highest BCUT2D eigenvalue weighted by Crippen LogP contribution is 2.33. The molecule has 3 atom stereocenters. The minimum absolute atomic E-state index is 0.100. The maximum atomic E-state index is 12.4. The molecule has 1 rings (SSSR count). The van der Waals surface area contributed by atoms with Crippen LogP contribution in [0, 0.1) is 11.8 Å². The van der Waals surface area contributed by atoms with Crippen LogP contribution in [0.25, 0.3) is 0 Å². The molecule has 0 aromatic carbocycles. The second kappa shape index (κ2) is 8.37. The van der Waals surface area contributed by atoms with Gasteiger partial charge in [-0.15, -0.1) is 0 Å². The van der Waals surface area contributed by atoms with Crippen molar-refractivity contribution in [2.75, 3.05) is 20.1 Å². The van der Waals surface area contributed by atoms with Crippen LogP contribution in [-0.4, -0.2) is 43.3 Å². The van der Waals surface area contributed by atoms with Crippen molar-refractivity contribution in [1.82, 2.24) is 10.2 Å². The van der Waals surface area contributed by atoms with Gasteiger partial charge in [0.25, 0.3) is 0 Å². The topological polar surface area (TPSA) is 15.3 Å². The van der Waals surface area contributed by atoms with Crippen LogP contribution in [0.3, 0.4) is 0 Å². The molecule has 0 saturated heterocycles. The molecule has 0 aliphatic heterocycles. The first kappa shape index (κ1) is 18.8. The Morgan fingerprint density at radius 1 is 1.24 bits per heavy atom. The summed E-state index contributed by atoms with van der Waals surface area (Å²) in [6.07, 6.45) is -0.456. The summed E-state index contributed by atoms with van der Waals surface area (Å²) in [7, 11) is 1.85. The fraction of sp³-hybridized carbons (Fsp3) is 1.00. The zero-order chi connectivity index (χ0) is 16.0. The number of halogens is 3. The first-order valence-electron chi connectivity index (χ1n) is 8.25. The second-order valence-electron chi connectivity index (χ2n) is 6.79. The van der Waals surface area contributed by atoms with Crippen LogP contribution in [0.15, 0.2) is 0 Å². The van der Waals surface area contributed by atoms with Crippen molar-refractivity contribution in [3.8, 4) is 0 Å². The Morgan fingerprint density at radius 2 is 1.90 bits per heavy atom. The van der Waals surface area contributed by atoms with E-state index in [1.807, 2.05) is 11.9 Å². The van der Waals surface area contributed by atoms with Gasteiger partial charge >= 0.3 is 6.18 Å². The van der Waals surface area contributed by atoms with E-state index in [1.54, 1.807) is 0 Å². The van der Waals surface area contributed by atoms with Gasteiger partial charge in [0.15, 0.2) is 0 Å². The molecule has 126 valence electrons. The molecule has 1 aliphatic rings. The number of nitrogens with one attached hydrogen (secondary N) is 1. The van der Waals surface area contributed by atoms with E-state index in [4.69, 9.17) is 0 Å². The van der Waals surface area contributed by atoms with Gasteiger partial charge in [0, 0.05) is 18.6 Å². The number of likely N-dealkylation sites (N-methyl/N-ethyl adjacent to an activating group) is 1. The lowest BCUT2D eigenvalue weighted by atomic mass is 9.76. The van der Waals surface area contributed by atoms with Gasteiger partial charge in [0.1, 0.15) is 0 Å². The van der Waals surface area contributed by atoms with E-state index in [-0.39, 0.29) is 12.6 Å². The Kier molecular flexibility index (Phi) is 7.48. The maximum absolute atomic E-state index is 12.4. The highest BCUT2D eigenvalue weighted by molar-refractivity contribution is 4.91. The molecule has 21 heavy (non-hydrogen) atoms. The van der Waals surface area contributed by atoms with Crippen LogP contribution >= 0.6 is 0 Å². The molecule has 1 saturated carbocycles. The Bertz CT molecular complexity index is 292. The Morgan fingerprint density at radius 3 is 2.43 bits per heavy atom. The number of rotatable bonds is 7. The summed E-state index contributed by atoms with van der Waals surface area (Å²) in [6.45, 7) is 7.60. The summed E-state index contributed by atoms with van der Waals surface area (Å²) in [4.78, 5) is 1.93. The lowest BCUT2D eigenvalue weighted by molar-refractivity contribution is -0.139. The summed E-state index contributed by atoms with van der Waals surface area (Å²) in [5.41, 5.74) is 0. The molecule has 0 amide bonds. The first-order valence-corrected chi connectivity index (χ1v) is 8.25. The fourth-order valence-corrected chi connectivity index (χ4v) is 3.31. The molecule has 1 fully saturated rings. The summed E-state index contributed by atoms with van der Waals surface area (Å²) in [5.74, 6) is 1.23. The molecule has 1 aliphatic carbocycles. The van der Waals surface area contributed by atoms with Gasteiger partial charge in [0.05, 0.1) is 6.42 Å². The minimum atomic E-state index is -4.06. The van der Waals surface area contributed by atoms with Crippen molar-refractivity contribution in [1.29, 1.82) is 0 Å². The standard InChI is InChI=1S/C16H31F3N2/c1-5-9-20-14-7-6-13(12(2)3)11-15(14)21(4)10-8-16(17,18)19/h12-15,20H,5-11H2,1-4H3. The van der Waals surface area contributed by atoms with Crippen molar-refractivity contribution in [3.63, 3.8) is 0 Å². The minimum Gasteiger partial charge on any atom is -0.312 e. The quantitative estimate of drug-likeness (QED) is 0.763. The first-order chi connectivity index (χ1) is 9.74. The Balaban J connectivity index is 2.63. The summed E-state index contributed by atoms with van der Waals surface area (Å²) in [5, 5.41) is 3.54. The number of hydrogen-bond donors (Lipinski definition) is 1. The van der Waals surface area contributed by atoms with Crippen molar-refractivity contribution >= 4 is 0 Å².